The molecule has 0 fully saturated rings. The Labute approximate surface area is 74.6 Å². The summed E-state index contributed by atoms with van der Waals surface area (Å²) in [5.74, 6) is 0.0688. The highest BCUT2D eigenvalue weighted by molar-refractivity contribution is 5.87. The molecule has 0 atom stereocenters. The molecule has 0 aliphatic rings. The van der Waals surface area contributed by atoms with E-state index in [1.165, 1.54) is 0 Å². The Hall–Kier alpha value is -1.05. The van der Waals surface area contributed by atoms with Gasteiger partial charge in [-0.1, -0.05) is 19.1 Å². The topological polar surface area (TPSA) is 20.3 Å². The minimum atomic E-state index is 0.0688. The average molecular weight is 167 g/mol. The van der Waals surface area contributed by atoms with Crippen molar-refractivity contribution in [2.24, 2.45) is 0 Å². The van der Waals surface area contributed by atoms with E-state index < -0.39 is 0 Å². The predicted molar refractivity (Wildman–Crippen MR) is 51.9 cm³/mol. The van der Waals surface area contributed by atoms with Crippen LogP contribution < -0.4 is 0 Å². The summed E-state index contributed by atoms with van der Waals surface area (Å²) in [4.78, 5) is 13.1. The SMILES string of the molecule is C=CCN(CCC)C(=O)/C=C/C. The van der Waals surface area contributed by atoms with Gasteiger partial charge in [-0.15, -0.1) is 6.58 Å². The fourth-order valence-corrected chi connectivity index (χ4v) is 0.965. The molecule has 0 N–H and O–H groups in total. The summed E-state index contributed by atoms with van der Waals surface area (Å²) in [5, 5.41) is 0. The molecule has 0 radical (unpaired) electrons. The molecule has 0 aliphatic carbocycles. The van der Waals surface area contributed by atoms with Gasteiger partial charge >= 0.3 is 0 Å². The van der Waals surface area contributed by atoms with E-state index in [4.69, 9.17) is 0 Å². The molecule has 0 aromatic heterocycles. The zero-order valence-electron chi connectivity index (χ0n) is 7.92. The Kier molecular flexibility index (Phi) is 6.07. The molecule has 0 saturated heterocycles. The van der Waals surface area contributed by atoms with Crippen LogP contribution in [0.5, 0.6) is 0 Å². The highest BCUT2D eigenvalue weighted by Crippen LogP contribution is 1.94. The van der Waals surface area contributed by atoms with Crippen LogP contribution in [0.4, 0.5) is 0 Å². The maximum absolute atomic E-state index is 11.3. The molecular formula is C10H17NO. The van der Waals surface area contributed by atoms with Crippen LogP contribution in [0.3, 0.4) is 0 Å². The predicted octanol–water partition coefficient (Wildman–Crippen LogP) is 1.99. The van der Waals surface area contributed by atoms with Crippen LogP contribution in [-0.4, -0.2) is 23.9 Å². The Balaban J connectivity index is 4.07. The molecule has 2 heteroatoms. The number of carbonyl (C=O) groups is 1. The lowest BCUT2D eigenvalue weighted by molar-refractivity contribution is -0.125. The van der Waals surface area contributed by atoms with E-state index in [2.05, 4.69) is 13.5 Å². The van der Waals surface area contributed by atoms with Gasteiger partial charge in [0.25, 0.3) is 0 Å². The summed E-state index contributed by atoms with van der Waals surface area (Å²) in [6, 6.07) is 0. The lowest BCUT2D eigenvalue weighted by Crippen LogP contribution is -2.30. The van der Waals surface area contributed by atoms with Crippen molar-refractivity contribution in [3.8, 4) is 0 Å². The Bertz CT molecular complexity index is 173. The highest BCUT2D eigenvalue weighted by atomic mass is 16.2. The molecular weight excluding hydrogens is 150 g/mol. The maximum Gasteiger partial charge on any atom is 0.246 e. The van der Waals surface area contributed by atoms with Gasteiger partial charge in [0.05, 0.1) is 0 Å². The van der Waals surface area contributed by atoms with E-state index >= 15 is 0 Å². The van der Waals surface area contributed by atoms with Gasteiger partial charge in [0.1, 0.15) is 0 Å². The van der Waals surface area contributed by atoms with Crippen molar-refractivity contribution >= 4 is 5.91 Å². The van der Waals surface area contributed by atoms with Crippen molar-refractivity contribution in [3.63, 3.8) is 0 Å². The van der Waals surface area contributed by atoms with Crippen LogP contribution in [0.2, 0.25) is 0 Å². The van der Waals surface area contributed by atoms with Gasteiger partial charge in [0.2, 0.25) is 5.91 Å². The van der Waals surface area contributed by atoms with Crippen molar-refractivity contribution < 1.29 is 4.79 Å². The Morgan fingerprint density at radius 3 is 2.67 bits per heavy atom. The lowest BCUT2D eigenvalue weighted by atomic mass is 10.3. The number of hydrogen-bond donors (Lipinski definition) is 0. The molecule has 0 aromatic carbocycles. The number of allylic oxidation sites excluding steroid dienone is 1. The summed E-state index contributed by atoms with van der Waals surface area (Å²) in [7, 11) is 0. The second-order valence-electron chi connectivity index (χ2n) is 2.57. The first-order valence-electron chi connectivity index (χ1n) is 4.28. The van der Waals surface area contributed by atoms with Crippen LogP contribution >= 0.6 is 0 Å². The summed E-state index contributed by atoms with van der Waals surface area (Å²) >= 11 is 0. The third-order valence-electron chi connectivity index (χ3n) is 1.46. The van der Waals surface area contributed by atoms with E-state index in [0.29, 0.717) is 6.54 Å². The van der Waals surface area contributed by atoms with Crippen molar-refractivity contribution in [1.82, 2.24) is 4.90 Å². The van der Waals surface area contributed by atoms with Gasteiger partial charge in [-0.05, 0) is 19.4 Å². The van der Waals surface area contributed by atoms with Crippen LogP contribution in [0.25, 0.3) is 0 Å². The van der Waals surface area contributed by atoms with Crippen molar-refractivity contribution in [2.45, 2.75) is 20.3 Å². The molecule has 0 heterocycles. The third kappa shape index (κ3) is 3.96. The maximum atomic E-state index is 11.3. The first-order valence-corrected chi connectivity index (χ1v) is 4.28. The van der Waals surface area contributed by atoms with Gasteiger partial charge in [0, 0.05) is 13.1 Å². The monoisotopic (exact) mass is 167 g/mol. The molecule has 0 spiro atoms. The minimum Gasteiger partial charge on any atom is -0.335 e. The van der Waals surface area contributed by atoms with Gasteiger partial charge in [-0.2, -0.15) is 0 Å². The molecule has 12 heavy (non-hydrogen) atoms. The van der Waals surface area contributed by atoms with E-state index in [0.717, 1.165) is 13.0 Å². The van der Waals surface area contributed by atoms with Crippen molar-refractivity contribution in [2.75, 3.05) is 13.1 Å². The summed E-state index contributed by atoms with van der Waals surface area (Å²) in [6.45, 7) is 8.94. The van der Waals surface area contributed by atoms with E-state index in [-0.39, 0.29) is 5.91 Å². The fourth-order valence-electron chi connectivity index (χ4n) is 0.965. The second kappa shape index (κ2) is 6.65. The first-order chi connectivity index (χ1) is 5.76. The lowest BCUT2D eigenvalue weighted by Gasteiger charge is -2.17. The number of amides is 1. The number of carbonyl (C=O) groups excluding carboxylic acids is 1. The Morgan fingerprint density at radius 2 is 2.25 bits per heavy atom. The standard InChI is InChI=1S/C10H17NO/c1-4-7-10(12)11(8-5-2)9-6-3/h4-5,7H,2,6,8-9H2,1,3H3/b7-4+. The van der Waals surface area contributed by atoms with Crippen LogP contribution in [-0.2, 0) is 4.79 Å². The molecule has 0 bridgehead atoms. The van der Waals surface area contributed by atoms with Crippen molar-refractivity contribution in [1.29, 1.82) is 0 Å². The van der Waals surface area contributed by atoms with E-state index in [1.807, 2.05) is 6.92 Å². The van der Waals surface area contributed by atoms with Crippen LogP contribution in [0, 0.1) is 0 Å². The van der Waals surface area contributed by atoms with Crippen LogP contribution in [0.15, 0.2) is 24.8 Å². The Morgan fingerprint density at radius 1 is 1.58 bits per heavy atom. The third-order valence-corrected chi connectivity index (χ3v) is 1.46. The molecule has 0 unspecified atom stereocenters. The summed E-state index contributed by atoms with van der Waals surface area (Å²) in [6.07, 6.45) is 6.07. The molecule has 2 nitrogen and oxygen atoms in total. The number of nitrogens with zero attached hydrogens (tertiary/aromatic N) is 1. The largest absolute Gasteiger partial charge is 0.335 e. The van der Waals surface area contributed by atoms with Gasteiger partial charge in [0.15, 0.2) is 0 Å². The molecule has 0 aliphatic heterocycles. The zero-order valence-corrected chi connectivity index (χ0v) is 7.92. The highest BCUT2D eigenvalue weighted by Gasteiger charge is 2.05. The summed E-state index contributed by atoms with van der Waals surface area (Å²) in [5.41, 5.74) is 0. The summed E-state index contributed by atoms with van der Waals surface area (Å²) < 4.78 is 0. The smallest absolute Gasteiger partial charge is 0.246 e. The zero-order chi connectivity index (χ0) is 9.40. The first kappa shape index (κ1) is 11.0. The van der Waals surface area contributed by atoms with Gasteiger partial charge in [-0.25, -0.2) is 0 Å². The number of rotatable bonds is 5. The average Bonchev–Trinajstić information content (AvgIpc) is 2.04. The van der Waals surface area contributed by atoms with Crippen molar-refractivity contribution in [3.05, 3.63) is 24.8 Å². The fraction of sp³-hybridized carbons (Fsp3) is 0.500. The molecule has 0 saturated carbocycles. The van der Waals surface area contributed by atoms with Gasteiger partial charge in [-0.3, -0.25) is 4.79 Å². The quantitative estimate of drug-likeness (QED) is 0.453. The van der Waals surface area contributed by atoms with Gasteiger partial charge < -0.3 is 4.90 Å². The molecule has 0 aromatic rings. The molecule has 1 amide bonds. The number of hydrogen-bond acceptors (Lipinski definition) is 1. The van der Waals surface area contributed by atoms with Crippen LogP contribution in [0.1, 0.15) is 20.3 Å². The van der Waals surface area contributed by atoms with E-state index in [9.17, 15) is 4.79 Å². The normalized spacial score (nSPS) is 10.2. The molecule has 68 valence electrons. The second-order valence-corrected chi connectivity index (χ2v) is 2.57. The minimum absolute atomic E-state index is 0.0688. The van der Waals surface area contributed by atoms with E-state index in [1.54, 1.807) is 23.1 Å². The molecule has 0 rings (SSSR count).